The van der Waals surface area contributed by atoms with Crippen molar-refractivity contribution in [3.63, 3.8) is 0 Å². The normalized spacial score (nSPS) is 21.8. The van der Waals surface area contributed by atoms with Gasteiger partial charge >= 0.3 is 0 Å². The third-order valence-electron chi connectivity index (χ3n) is 25.1. The quantitative estimate of drug-likeness (QED) is 0.0658. The molecule has 8 aromatic rings. The molecule has 2 atom stereocenters. The number of carbonyl (C=O) groups excluding carboxylic acids is 6. The van der Waals surface area contributed by atoms with Crippen LogP contribution in [0.4, 0.5) is 42.9 Å². The Morgan fingerprint density at radius 3 is 1.29 bits per heavy atom. The van der Waals surface area contributed by atoms with Crippen molar-refractivity contribution in [1.82, 2.24) is 20.1 Å². The predicted octanol–water partition coefficient (Wildman–Crippen LogP) is 16.0. The number of hydrogen-bond donors (Lipinski definition) is 0. The van der Waals surface area contributed by atoms with Gasteiger partial charge in [0, 0.05) is 158 Å². The van der Waals surface area contributed by atoms with Crippen LogP contribution >= 0.6 is 0 Å². The highest BCUT2D eigenvalue weighted by Gasteiger charge is 2.57. The Kier molecular flexibility index (Phi) is 16.5. The highest BCUT2D eigenvalue weighted by molar-refractivity contribution is 6.09. The lowest BCUT2D eigenvalue weighted by Crippen LogP contribution is -2.63. The van der Waals surface area contributed by atoms with Crippen LogP contribution in [0.5, 0.6) is 0 Å². The van der Waals surface area contributed by atoms with Crippen molar-refractivity contribution >= 4 is 69.1 Å². The summed E-state index contributed by atoms with van der Waals surface area (Å²) >= 11 is 0. The molecule has 106 heavy (non-hydrogen) atoms. The fraction of sp³-hybridized carbons (Fsp3) is 0.419. The number of anilines is 6. The van der Waals surface area contributed by atoms with E-state index >= 15 is 8.78 Å². The van der Waals surface area contributed by atoms with Gasteiger partial charge in [-0.05, 0) is 210 Å². The number of Topliss-reactive ketones (excluding diaryl/α,β-unsaturated/α-hetero) is 4. The average Bonchev–Trinajstić information content (AvgIpc) is 0.955. The molecule has 10 aliphatic rings. The van der Waals surface area contributed by atoms with Gasteiger partial charge in [0.05, 0.1) is 47.7 Å². The molecule has 20 heteroatoms. The first-order valence-corrected chi connectivity index (χ1v) is 37.4. The van der Waals surface area contributed by atoms with Crippen LogP contribution in [0.2, 0.25) is 0 Å². The second kappa shape index (κ2) is 25.6. The average molecular weight is 1420 g/mol. The molecule has 6 saturated carbocycles. The summed E-state index contributed by atoms with van der Waals surface area (Å²) in [4.78, 5) is 95.3. The van der Waals surface area contributed by atoms with Gasteiger partial charge in [-0.3, -0.25) is 28.8 Å². The van der Waals surface area contributed by atoms with Crippen molar-refractivity contribution < 1.29 is 46.6 Å². The molecule has 2 amide bonds. The summed E-state index contributed by atoms with van der Waals surface area (Å²) in [5.41, 5.74) is 17.4. The Bertz CT molecular complexity index is 5030. The molecule has 0 N–H and O–H groups in total. The van der Waals surface area contributed by atoms with Crippen LogP contribution in [-0.2, 0) is 43.3 Å². The van der Waals surface area contributed by atoms with E-state index in [0.29, 0.717) is 52.7 Å². The van der Waals surface area contributed by atoms with E-state index in [0.717, 1.165) is 181 Å². The predicted molar refractivity (Wildman–Crippen MR) is 397 cm³/mol. The molecule has 2 aromatic heterocycles. The molecule has 2 unspecified atom stereocenters. The lowest BCUT2D eigenvalue weighted by molar-refractivity contribution is -0.134. The van der Waals surface area contributed by atoms with Crippen molar-refractivity contribution in [2.75, 3.05) is 58.9 Å². The van der Waals surface area contributed by atoms with Crippen LogP contribution in [0.3, 0.4) is 0 Å². The number of rotatable bonds is 16. The number of nitrogens with zero attached hydrogens (tertiary/aromatic N) is 10. The molecule has 6 aromatic carbocycles. The summed E-state index contributed by atoms with van der Waals surface area (Å²) in [5, 5.41) is 8.40. The van der Waals surface area contributed by atoms with Gasteiger partial charge in [-0.25, -0.2) is 21.9 Å². The van der Waals surface area contributed by atoms with Crippen molar-refractivity contribution in [3.8, 4) is 22.3 Å². The fourth-order valence-corrected chi connectivity index (χ4v) is 19.2. The topological polar surface area (TPSA) is 183 Å². The number of aryl methyl sites for hydroxylation is 6. The first kappa shape index (κ1) is 68.5. The Hall–Kier alpha value is -10.6. The molecule has 6 heterocycles. The molecular weight excluding hydrogens is 1340 g/mol. The van der Waals surface area contributed by atoms with Crippen molar-refractivity contribution in [3.05, 3.63) is 211 Å². The lowest BCUT2D eigenvalue weighted by Gasteiger charge is -2.60. The molecule has 0 radical (unpaired) electrons. The van der Waals surface area contributed by atoms with E-state index in [2.05, 4.69) is 133 Å². The number of fused-ring (bicyclic) bond motifs is 2. The zero-order chi connectivity index (χ0) is 73.6. The van der Waals surface area contributed by atoms with Gasteiger partial charge in [-0.15, -0.1) is 0 Å². The van der Waals surface area contributed by atoms with Crippen molar-refractivity contribution in [2.45, 2.75) is 168 Å². The number of amides is 2. The number of ketones is 4. The number of benzene rings is 6. The monoisotopic (exact) mass is 1420 g/mol. The molecule has 2 spiro atoms. The van der Waals surface area contributed by atoms with E-state index < -0.39 is 17.9 Å². The van der Waals surface area contributed by atoms with Crippen LogP contribution in [0.1, 0.15) is 167 Å². The Morgan fingerprint density at radius 2 is 0.906 bits per heavy atom. The first-order chi connectivity index (χ1) is 50.9. The Morgan fingerprint density at radius 1 is 0.509 bits per heavy atom. The summed E-state index contributed by atoms with van der Waals surface area (Å²) in [6, 6.07) is 35.2. The maximum absolute atomic E-state index is 15.6. The molecule has 0 bridgehead atoms. The zero-order valence-corrected chi connectivity index (χ0v) is 60.8. The van der Waals surface area contributed by atoms with E-state index in [-0.39, 0.29) is 101 Å². The van der Waals surface area contributed by atoms with Gasteiger partial charge in [0.2, 0.25) is 0 Å². The van der Waals surface area contributed by atoms with Crippen LogP contribution in [-0.4, -0.2) is 106 Å². The molecule has 8 fully saturated rings. The standard InChI is InChI=1S/2C43H42FN5O4/c1-25-5-6-29(40-26(2)46-53-27(40)3)16-37(25)48(32-9-7-31(8-10-32)43(45-4)13-14-43)21-28-19-42(20-28)23-47(24-42)38-18-34-30(15-35(38)44)22-49(41(34)52)36-12-11-33(50)17-39(36)51;1-25-5-6-29(40-26(2)46-53-27(40)3)15-37(25)48(32-9-7-31(8-10-32)43(45-4)13-14-43)21-28-19-42(20-28)23-47(24-42)38-16-30-22-49(41(52)34(30)18-35(38)44)36-12-11-33(50)17-39(36)51/h2*5-10,15-16,18,28,36H,11-14,17,19-24H2,1-3H3. The van der Waals surface area contributed by atoms with E-state index in [1.54, 1.807) is 12.1 Å². The fourth-order valence-electron chi connectivity index (χ4n) is 19.2. The van der Waals surface area contributed by atoms with Gasteiger partial charge in [0.15, 0.2) is 11.6 Å². The third-order valence-corrected chi connectivity index (χ3v) is 25.1. The van der Waals surface area contributed by atoms with E-state index in [9.17, 15) is 28.8 Å². The maximum Gasteiger partial charge on any atom is 0.258 e. The second-order valence-corrected chi connectivity index (χ2v) is 32.5. The van der Waals surface area contributed by atoms with Gasteiger partial charge in [0.1, 0.15) is 34.7 Å². The summed E-state index contributed by atoms with van der Waals surface area (Å²) in [6.45, 7) is 32.7. The number of hydrogen-bond acceptors (Lipinski definition) is 14. The number of aromatic nitrogens is 2. The summed E-state index contributed by atoms with van der Waals surface area (Å²) in [7, 11) is 0. The molecule has 6 aliphatic carbocycles. The van der Waals surface area contributed by atoms with Crippen LogP contribution < -0.4 is 19.6 Å². The number of halogens is 2. The van der Waals surface area contributed by atoms with Gasteiger partial charge in [-0.2, -0.15) is 0 Å². The van der Waals surface area contributed by atoms with Crippen molar-refractivity contribution in [2.24, 2.45) is 22.7 Å². The lowest BCUT2D eigenvalue weighted by atomic mass is 9.57. The van der Waals surface area contributed by atoms with Gasteiger partial charge in [0.25, 0.3) is 22.9 Å². The minimum Gasteiger partial charge on any atom is -0.368 e. The molecule has 540 valence electrons. The van der Waals surface area contributed by atoms with Crippen LogP contribution in [0, 0.1) is 89.0 Å². The van der Waals surface area contributed by atoms with Crippen LogP contribution in [0.25, 0.3) is 31.9 Å². The molecule has 18 rings (SSSR count). The molecule has 2 saturated heterocycles. The minimum atomic E-state index is -0.619. The SMILES string of the molecule is [C-]#[N+]C1(c2ccc(N(CC3CC4(C3)CN(c3cc5c(cc3F)C(=O)N(C3CCC(=O)CC3=O)C5)C4)c3cc(-c4c(C)noc4C)ccc3C)cc2)CC1.[C-]#[N+]C1(c2ccc(N(CC3CC4(C3)CN(c3cc5c(cc3F)CN(C3CCC(=O)CC3=O)C5=O)C4)c3cc(-c4c(C)noc4C)ccc3C)cc2)CC1. The van der Waals surface area contributed by atoms with E-state index in [1.807, 2.05) is 32.6 Å². The summed E-state index contributed by atoms with van der Waals surface area (Å²) in [5.74, 6) is 0.485. The minimum absolute atomic E-state index is 0.0861. The highest BCUT2D eigenvalue weighted by Crippen LogP contribution is 2.58. The van der Waals surface area contributed by atoms with E-state index in [4.69, 9.17) is 22.2 Å². The van der Waals surface area contributed by atoms with Crippen molar-refractivity contribution in [1.29, 1.82) is 0 Å². The number of carbonyl (C=O) groups is 6. The Balaban J connectivity index is 0.000000156. The molecule has 18 nitrogen and oxygen atoms in total. The molecule has 4 aliphatic heterocycles. The highest BCUT2D eigenvalue weighted by atomic mass is 19.1. The maximum atomic E-state index is 15.6. The Labute approximate surface area is 615 Å². The largest absolute Gasteiger partial charge is 0.368 e. The second-order valence-electron chi connectivity index (χ2n) is 32.5. The van der Waals surface area contributed by atoms with Gasteiger partial charge in [-0.1, -0.05) is 34.6 Å². The first-order valence-electron chi connectivity index (χ1n) is 37.4. The summed E-state index contributed by atoms with van der Waals surface area (Å²) in [6.07, 6.45) is 8.71. The third kappa shape index (κ3) is 11.9. The van der Waals surface area contributed by atoms with Crippen LogP contribution in [0.15, 0.2) is 118 Å². The smallest absolute Gasteiger partial charge is 0.258 e. The van der Waals surface area contributed by atoms with Gasteiger partial charge < -0.3 is 48.1 Å². The molecular formula is C86H84F2N10O8. The zero-order valence-electron chi connectivity index (χ0n) is 60.8. The summed E-state index contributed by atoms with van der Waals surface area (Å²) < 4.78 is 42.2. The van der Waals surface area contributed by atoms with E-state index in [1.165, 1.54) is 27.5 Å².